The summed E-state index contributed by atoms with van der Waals surface area (Å²) in [4.78, 5) is 22.9. The average molecular weight is 331 g/mol. The summed E-state index contributed by atoms with van der Waals surface area (Å²) in [5.41, 5.74) is 0.378. The molecule has 0 aliphatic heterocycles. The Balaban J connectivity index is 4.76. The fourth-order valence-corrected chi connectivity index (χ4v) is 1.30. The molecule has 0 aromatic carbocycles. The fraction of sp³-hybridized carbons (Fsp3) is 0.667. The minimum absolute atomic E-state index is 0.255. The molecule has 0 aliphatic rings. The Morgan fingerprint density at radius 2 is 1.89 bits per heavy atom. The van der Waals surface area contributed by atoms with Crippen molar-refractivity contribution < 1.29 is 14.3 Å². The fourth-order valence-electron chi connectivity index (χ4n) is 1.16. The van der Waals surface area contributed by atoms with E-state index in [1.165, 1.54) is 6.08 Å². The molecule has 0 aromatic rings. The normalized spacial score (nSPS) is 12.5. The van der Waals surface area contributed by atoms with E-state index in [2.05, 4.69) is 5.32 Å². The first-order valence-corrected chi connectivity index (χ1v) is 7.05. The number of ether oxygens (including phenoxy) is 1. The number of hydrogen-bond acceptors (Lipinski definition) is 3. The van der Waals surface area contributed by atoms with Crippen molar-refractivity contribution in [2.24, 2.45) is 5.92 Å². The van der Waals surface area contributed by atoms with Crippen LogP contribution in [0.4, 0.5) is 0 Å². The summed E-state index contributed by atoms with van der Waals surface area (Å²) in [6.07, 6.45) is 2.48. The average Bonchev–Trinajstić information content (AvgIpc) is 2.24. The summed E-state index contributed by atoms with van der Waals surface area (Å²) in [6, 6.07) is 0. The molecule has 0 radical (unpaired) electrons. The highest BCUT2D eigenvalue weighted by atomic mass is 35.6. The number of allylic oxidation sites excluding steroid dienone is 1. The molecule has 0 atom stereocenters. The van der Waals surface area contributed by atoms with Gasteiger partial charge in [0, 0.05) is 11.8 Å². The first kappa shape index (κ1) is 18.6. The number of rotatable bonds is 6. The molecule has 110 valence electrons. The van der Waals surface area contributed by atoms with Gasteiger partial charge in [0.15, 0.2) is 0 Å². The molecule has 0 rings (SSSR count). The molecule has 0 aliphatic carbocycles. The van der Waals surface area contributed by atoms with Gasteiger partial charge in [0.25, 0.3) is 9.70 Å². The van der Waals surface area contributed by atoms with Crippen molar-refractivity contribution in [1.29, 1.82) is 0 Å². The SMILES string of the molecule is CCOC(=O)/C=C(\CCC(C)C)NC(=O)C(Cl)(Cl)Cl. The van der Waals surface area contributed by atoms with E-state index in [0.717, 1.165) is 6.42 Å². The number of alkyl halides is 3. The maximum Gasteiger partial charge on any atom is 0.332 e. The van der Waals surface area contributed by atoms with E-state index in [-0.39, 0.29) is 6.61 Å². The van der Waals surface area contributed by atoms with Crippen LogP contribution in [0.1, 0.15) is 33.6 Å². The van der Waals surface area contributed by atoms with Gasteiger partial charge in [0.2, 0.25) is 0 Å². The number of halogens is 3. The van der Waals surface area contributed by atoms with Crippen LogP contribution in [0, 0.1) is 5.92 Å². The Hall–Kier alpha value is -0.450. The van der Waals surface area contributed by atoms with E-state index in [9.17, 15) is 9.59 Å². The standard InChI is InChI=1S/C12H18Cl3NO3/c1-4-19-10(17)7-9(6-5-8(2)3)16-11(18)12(13,14)15/h7-8H,4-6H2,1-3H3,(H,16,18)/b9-7+. The van der Waals surface area contributed by atoms with E-state index in [1.54, 1.807) is 6.92 Å². The van der Waals surface area contributed by atoms with E-state index < -0.39 is 15.7 Å². The van der Waals surface area contributed by atoms with Crippen LogP contribution in [-0.4, -0.2) is 22.3 Å². The predicted octanol–water partition coefficient (Wildman–Crippen LogP) is 3.36. The number of hydrogen-bond donors (Lipinski definition) is 1. The van der Waals surface area contributed by atoms with Crippen LogP contribution < -0.4 is 5.32 Å². The molecule has 0 heterocycles. The third-order valence-electron chi connectivity index (χ3n) is 2.10. The maximum atomic E-state index is 11.6. The highest BCUT2D eigenvalue weighted by Crippen LogP contribution is 2.26. The van der Waals surface area contributed by atoms with Gasteiger partial charge in [-0.05, 0) is 25.7 Å². The zero-order valence-corrected chi connectivity index (χ0v) is 13.4. The summed E-state index contributed by atoms with van der Waals surface area (Å²) in [5, 5.41) is 2.43. The van der Waals surface area contributed by atoms with Gasteiger partial charge in [0.05, 0.1) is 6.61 Å². The summed E-state index contributed by atoms with van der Waals surface area (Å²) in [7, 11) is 0. The van der Waals surface area contributed by atoms with Crippen molar-refractivity contribution in [2.75, 3.05) is 6.61 Å². The van der Waals surface area contributed by atoms with Crippen LogP contribution in [0.5, 0.6) is 0 Å². The molecule has 0 saturated heterocycles. The third kappa shape index (κ3) is 9.14. The Labute approximate surface area is 128 Å². The van der Waals surface area contributed by atoms with Crippen LogP contribution in [0.15, 0.2) is 11.8 Å². The molecule has 7 heteroatoms. The zero-order valence-electron chi connectivity index (χ0n) is 11.1. The van der Waals surface area contributed by atoms with Crippen molar-refractivity contribution in [1.82, 2.24) is 5.32 Å². The van der Waals surface area contributed by atoms with Crippen LogP contribution >= 0.6 is 34.8 Å². The van der Waals surface area contributed by atoms with E-state index >= 15 is 0 Å². The van der Waals surface area contributed by atoms with Crippen molar-refractivity contribution in [3.8, 4) is 0 Å². The lowest BCUT2D eigenvalue weighted by Gasteiger charge is -2.15. The molecule has 0 aromatic heterocycles. The van der Waals surface area contributed by atoms with Gasteiger partial charge in [0.1, 0.15) is 0 Å². The molecule has 4 nitrogen and oxygen atoms in total. The van der Waals surface area contributed by atoms with Crippen LogP contribution in [0.2, 0.25) is 0 Å². The Morgan fingerprint density at radius 3 is 2.32 bits per heavy atom. The minimum atomic E-state index is -2.06. The lowest BCUT2D eigenvalue weighted by molar-refractivity contribution is -0.137. The molecule has 0 unspecified atom stereocenters. The molecular weight excluding hydrogens is 312 g/mol. The van der Waals surface area contributed by atoms with Gasteiger partial charge in [-0.2, -0.15) is 0 Å². The molecular formula is C12H18Cl3NO3. The Kier molecular flexibility index (Phi) is 8.46. The molecule has 0 fully saturated rings. The molecule has 0 saturated carbocycles. The molecule has 1 amide bonds. The van der Waals surface area contributed by atoms with E-state index in [4.69, 9.17) is 39.5 Å². The van der Waals surface area contributed by atoms with Gasteiger partial charge in [-0.3, -0.25) is 4.79 Å². The van der Waals surface area contributed by atoms with Crippen LogP contribution in [-0.2, 0) is 14.3 Å². The smallest absolute Gasteiger partial charge is 0.332 e. The summed E-state index contributed by atoms with van der Waals surface area (Å²) >= 11 is 16.4. The lowest BCUT2D eigenvalue weighted by atomic mass is 10.1. The van der Waals surface area contributed by atoms with Crippen molar-refractivity contribution >= 4 is 46.7 Å². The highest BCUT2D eigenvalue weighted by molar-refractivity contribution is 6.76. The lowest BCUT2D eigenvalue weighted by Crippen LogP contribution is -2.34. The second-order valence-electron chi connectivity index (χ2n) is 4.31. The van der Waals surface area contributed by atoms with E-state index in [1.807, 2.05) is 13.8 Å². The summed E-state index contributed by atoms with van der Waals surface area (Å²) in [5.74, 6) is -0.919. The second kappa shape index (κ2) is 8.67. The minimum Gasteiger partial charge on any atom is -0.463 e. The molecule has 1 N–H and O–H groups in total. The number of amides is 1. The molecule has 19 heavy (non-hydrogen) atoms. The van der Waals surface area contributed by atoms with Gasteiger partial charge < -0.3 is 10.1 Å². The quantitative estimate of drug-likeness (QED) is 0.461. The van der Waals surface area contributed by atoms with Crippen molar-refractivity contribution in [3.63, 3.8) is 0 Å². The van der Waals surface area contributed by atoms with Gasteiger partial charge in [-0.15, -0.1) is 0 Å². The summed E-state index contributed by atoms with van der Waals surface area (Å²) in [6.45, 7) is 6.00. The van der Waals surface area contributed by atoms with Crippen LogP contribution in [0.25, 0.3) is 0 Å². The monoisotopic (exact) mass is 329 g/mol. The molecule has 0 spiro atoms. The van der Waals surface area contributed by atoms with E-state index in [0.29, 0.717) is 18.0 Å². The topological polar surface area (TPSA) is 55.4 Å². The number of carbonyl (C=O) groups is 2. The molecule has 0 bridgehead atoms. The van der Waals surface area contributed by atoms with Crippen molar-refractivity contribution in [3.05, 3.63) is 11.8 Å². The largest absolute Gasteiger partial charge is 0.463 e. The predicted molar refractivity (Wildman–Crippen MR) is 77.2 cm³/mol. The first-order chi connectivity index (χ1) is 8.66. The van der Waals surface area contributed by atoms with Gasteiger partial charge in [-0.25, -0.2) is 4.79 Å². The Bertz CT molecular complexity index is 349. The van der Waals surface area contributed by atoms with Crippen LogP contribution in [0.3, 0.4) is 0 Å². The summed E-state index contributed by atoms with van der Waals surface area (Å²) < 4.78 is 2.72. The highest BCUT2D eigenvalue weighted by Gasteiger charge is 2.31. The maximum absolute atomic E-state index is 11.6. The zero-order chi connectivity index (χ0) is 15.1. The number of esters is 1. The first-order valence-electron chi connectivity index (χ1n) is 5.92. The number of nitrogens with one attached hydrogen (secondary N) is 1. The van der Waals surface area contributed by atoms with Gasteiger partial charge >= 0.3 is 5.97 Å². The third-order valence-corrected chi connectivity index (χ3v) is 2.62. The number of carbonyl (C=O) groups excluding carboxylic acids is 2. The Morgan fingerprint density at radius 1 is 1.32 bits per heavy atom. The van der Waals surface area contributed by atoms with Gasteiger partial charge in [-0.1, -0.05) is 48.7 Å². The van der Waals surface area contributed by atoms with Crippen molar-refractivity contribution in [2.45, 2.75) is 37.4 Å². The second-order valence-corrected chi connectivity index (χ2v) is 6.59.